The largest absolute Gasteiger partial charge is 0.394 e. The van der Waals surface area contributed by atoms with Crippen LogP contribution in [-0.4, -0.2) is 26.5 Å². The number of hydrogen-bond donors (Lipinski definition) is 1. The fourth-order valence-corrected chi connectivity index (χ4v) is 1.88. The second-order valence-electron chi connectivity index (χ2n) is 4.60. The maximum atomic E-state index is 14.1. The van der Waals surface area contributed by atoms with Gasteiger partial charge in [0.05, 0.1) is 18.7 Å². The van der Waals surface area contributed by atoms with E-state index in [-0.39, 0.29) is 12.4 Å². The molecule has 4 nitrogen and oxygen atoms in total. The van der Waals surface area contributed by atoms with Gasteiger partial charge in [0.2, 0.25) is 0 Å². The zero-order valence-electron chi connectivity index (χ0n) is 11.2. The molecule has 0 amide bonds. The lowest BCUT2D eigenvalue weighted by Crippen LogP contribution is -2.02. The molecular weight excluding hydrogens is 245 g/mol. The van der Waals surface area contributed by atoms with Crippen LogP contribution in [0.1, 0.15) is 31.7 Å². The zero-order valence-corrected chi connectivity index (χ0v) is 11.2. The lowest BCUT2D eigenvalue weighted by molar-refractivity contribution is 0.269. The van der Waals surface area contributed by atoms with Gasteiger partial charge in [0.25, 0.3) is 0 Å². The Morgan fingerprint density at radius 2 is 2.21 bits per heavy atom. The van der Waals surface area contributed by atoms with E-state index >= 15 is 0 Å². The normalized spacial score (nSPS) is 12.6. The topological polar surface area (TPSA) is 50.9 Å². The standard InChI is InChI=1S/C14H18FN3O/c1-3-10(2)11-4-5-12(13(15)8-11)14-16-9-18(17-14)6-7-19/h4-5,8-10,19H,3,6-7H2,1-2H3. The first-order valence-electron chi connectivity index (χ1n) is 6.45. The Morgan fingerprint density at radius 3 is 2.84 bits per heavy atom. The second-order valence-corrected chi connectivity index (χ2v) is 4.60. The molecular formula is C14H18FN3O. The van der Waals surface area contributed by atoms with E-state index in [9.17, 15) is 4.39 Å². The van der Waals surface area contributed by atoms with Crippen LogP contribution < -0.4 is 0 Å². The van der Waals surface area contributed by atoms with E-state index in [1.807, 2.05) is 6.07 Å². The van der Waals surface area contributed by atoms with Gasteiger partial charge in [0.15, 0.2) is 5.82 Å². The molecule has 5 heteroatoms. The highest BCUT2D eigenvalue weighted by atomic mass is 19.1. The quantitative estimate of drug-likeness (QED) is 0.902. The Hall–Kier alpha value is -1.75. The summed E-state index contributed by atoms with van der Waals surface area (Å²) in [5.41, 5.74) is 1.38. The van der Waals surface area contributed by atoms with Gasteiger partial charge >= 0.3 is 0 Å². The molecule has 0 aliphatic rings. The van der Waals surface area contributed by atoms with Gasteiger partial charge in [-0.1, -0.05) is 19.9 Å². The van der Waals surface area contributed by atoms with Crippen molar-refractivity contribution in [1.29, 1.82) is 0 Å². The highest BCUT2D eigenvalue weighted by molar-refractivity contribution is 5.56. The number of halogens is 1. The molecule has 102 valence electrons. The monoisotopic (exact) mass is 263 g/mol. The van der Waals surface area contributed by atoms with Crippen LogP contribution >= 0.6 is 0 Å². The third kappa shape index (κ3) is 2.98. The number of nitrogens with zero attached hydrogens (tertiary/aromatic N) is 3. The van der Waals surface area contributed by atoms with E-state index in [4.69, 9.17) is 5.11 Å². The summed E-state index contributed by atoms with van der Waals surface area (Å²) in [6, 6.07) is 5.19. The summed E-state index contributed by atoms with van der Waals surface area (Å²) in [5.74, 6) is 0.379. The third-order valence-electron chi connectivity index (χ3n) is 3.28. The SMILES string of the molecule is CCC(C)c1ccc(-c2ncn(CCO)n2)c(F)c1. The summed E-state index contributed by atoms with van der Waals surface area (Å²) < 4.78 is 15.6. The minimum Gasteiger partial charge on any atom is -0.394 e. The number of rotatable bonds is 5. The lowest BCUT2D eigenvalue weighted by atomic mass is 9.97. The van der Waals surface area contributed by atoms with Crippen LogP contribution in [0.3, 0.4) is 0 Å². The maximum Gasteiger partial charge on any atom is 0.184 e. The highest BCUT2D eigenvalue weighted by Crippen LogP contribution is 2.25. The summed E-state index contributed by atoms with van der Waals surface area (Å²) in [4.78, 5) is 4.06. The molecule has 1 aromatic heterocycles. The van der Waals surface area contributed by atoms with Gasteiger partial charge in [-0.2, -0.15) is 5.10 Å². The Bertz CT molecular complexity index is 553. The fourth-order valence-electron chi connectivity index (χ4n) is 1.88. The average Bonchev–Trinajstić information content (AvgIpc) is 2.86. The van der Waals surface area contributed by atoms with Crippen LogP contribution in [0.4, 0.5) is 4.39 Å². The molecule has 0 radical (unpaired) electrons. The molecule has 0 saturated heterocycles. The summed E-state index contributed by atoms with van der Waals surface area (Å²) in [5, 5.41) is 12.9. The van der Waals surface area contributed by atoms with E-state index in [0.29, 0.717) is 23.9 Å². The molecule has 0 aliphatic carbocycles. The van der Waals surface area contributed by atoms with Crippen molar-refractivity contribution in [1.82, 2.24) is 14.8 Å². The van der Waals surface area contributed by atoms with Gasteiger partial charge in [0.1, 0.15) is 12.1 Å². The van der Waals surface area contributed by atoms with Crippen LogP contribution in [-0.2, 0) is 6.54 Å². The molecule has 1 N–H and O–H groups in total. The molecule has 0 spiro atoms. The molecule has 2 aromatic rings. The van der Waals surface area contributed by atoms with E-state index in [1.54, 1.807) is 12.1 Å². The van der Waals surface area contributed by atoms with Crippen molar-refractivity contribution in [2.75, 3.05) is 6.61 Å². The first-order valence-corrected chi connectivity index (χ1v) is 6.45. The molecule has 1 unspecified atom stereocenters. The minimum atomic E-state index is -0.306. The van der Waals surface area contributed by atoms with Crippen molar-refractivity contribution in [3.05, 3.63) is 35.9 Å². The van der Waals surface area contributed by atoms with Gasteiger partial charge in [-0.15, -0.1) is 0 Å². The third-order valence-corrected chi connectivity index (χ3v) is 3.28. The number of hydrogen-bond acceptors (Lipinski definition) is 3. The van der Waals surface area contributed by atoms with E-state index in [1.165, 1.54) is 11.0 Å². The Morgan fingerprint density at radius 1 is 1.42 bits per heavy atom. The summed E-state index contributed by atoms with van der Waals surface area (Å²) in [6.45, 7) is 4.50. The number of aliphatic hydroxyl groups excluding tert-OH is 1. The first kappa shape index (κ1) is 13.7. The van der Waals surface area contributed by atoms with Crippen LogP contribution in [0, 0.1) is 5.82 Å². The lowest BCUT2D eigenvalue weighted by Gasteiger charge is -2.09. The van der Waals surface area contributed by atoms with Crippen molar-refractivity contribution < 1.29 is 9.50 Å². The molecule has 1 atom stereocenters. The van der Waals surface area contributed by atoms with E-state index in [2.05, 4.69) is 23.9 Å². The van der Waals surface area contributed by atoms with Gasteiger partial charge < -0.3 is 5.11 Å². The number of aromatic nitrogens is 3. The van der Waals surface area contributed by atoms with Crippen molar-refractivity contribution in [2.45, 2.75) is 32.7 Å². The van der Waals surface area contributed by atoms with Crippen LogP contribution in [0.15, 0.2) is 24.5 Å². The van der Waals surface area contributed by atoms with Gasteiger partial charge in [-0.3, -0.25) is 4.68 Å². The molecule has 0 saturated carbocycles. The molecule has 0 bridgehead atoms. The predicted octanol–water partition coefficient (Wildman–Crippen LogP) is 2.59. The fraction of sp³-hybridized carbons (Fsp3) is 0.429. The van der Waals surface area contributed by atoms with Crippen molar-refractivity contribution >= 4 is 0 Å². The Balaban J connectivity index is 2.29. The number of benzene rings is 1. The molecule has 0 aliphatic heterocycles. The number of aliphatic hydroxyl groups is 1. The van der Waals surface area contributed by atoms with E-state index < -0.39 is 0 Å². The second kappa shape index (κ2) is 5.93. The smallest absolute Gasteiger partial charge is 0.184 e. The summed E-state index contributed by atoms with van der Waals surface area (Å²) >= 11 is 0. The van der Waals surface area contributed by atoms with Crippen molar-refractivity contribution in [2.24, 2.45) is 0 Å². The summed E-state index contributed by atoms with van der Waals surface area (Å²) in [7, 11) is 0. The molecule has 1 heterocycles. The highest BCUT2D eigenvalue weighted by Gasteiger charge is 2.12. The first-order chi connectivity index (χ1) is 9.15. The minimum absolute atomic E-state index is 0.0156. The molecule has 1 aromatic carbocycles. The van der Waals surface area contributed by atoms with Gasteiger partial charge in [-0.25, -0.2) is 9.37 Å². The maximum absolute atomic E-state index is 14.1. The predicted molar refractivity (Wildman–Crippen MR) is 71.2 cm³/mol. The Kier molecular flexibility index (Phi) is 4.27. The zero-order chi connectivity index (χ0) is 13.8. The van der Waals surface area contributed by atoms with Crippen LogP contribution in [0.2, 0.25) is 0 Å². The average molecular weight is 263 g/mol. The van der Waals surface area contributed by atoms with E-state index in [0.717, 1.165) is 12.0 Å². The van der Waals surface area contributed by atoms with Gasteiger partial charge in [0, 0.05) is 0 Å². The van der Waals surface area contributed by atoms with Crippen molar-refractivity contribution in [3.63, 3.8) is 0 Å². The molecule has 0 fully saturated rings. The van der Waals surface area contributed by atoms with Crippen molar-refractivity contribution in [3.8, 4) is 11.4 Å². The molecule has 19 heavy (non-hydrogen) atoms. The summed E-state index contributed by atoms with van der Waals surface area (Å²) in [6.07, 6.45) is 2.47. The van der Waals surface area contributed by atoms with Crippen LogP contribution in [0.25, 0.3) is 11.4 Å². The van der Waals surface area contributed by atoms with Gasteiger partial charge in [-0.05, 0) is 30.0 Å². The Labute approximate surface area is 111 Å². The van der Waals surface area contributed by atoms with Crippen LogP contribution in [0.5, 0.6) is 0 Å². The molecule has 2 rings (SSSR count).